The zero-order valence-electron chi connectivity index (χ0n) is 6.27. The van der Waals surface area contributed by atoms with Crippen molar-refractivity contribution in [3.8, 4) is 0 Å². The van der Waals surface area contributed by atoms with E-state index < -0.39 is 11.6 Å². The van der Waals surface area contributed by atoms with E-state index in [1.807, 2.05) is 0 Å². The van der Waals surface area contributed by atoms with Gasteiger partial charge >= 0.3 is 6.03 Å². The summed E-state index contributed by atoms with van der Waals surface area (Å²) in [5.74, 6) is -0.293. The number of hydrogen-bond donors (Lipinski definition) is 2. The third kappa shape index (κ3) is 1.53. The molecule has 2 N–H and O–H groups in total. The third-order valence-corrected chi connectivity index (χ3v) is 3.10. The van der Waals surface area contributed by atoms with Crippen molar-refractivity contribution in [3.05, 3.63) is 0 Å². The molecule has 3 amide bonds. The van der Waals surface area contributed by atoms with Gasteiger partial charge < -0.3 is 5.32 Å². The molecule has 1 fully saturated rings. The Kier molecular flexibility index (Phi) is 1.92. The fraction of sp³-hybridized carbons (Fsp3) is 0.667. The molecule has 0 aliphatic carbocycles. The van der Waals surface area contributed by atoms with Gasteiger partial charge in [-0.15, -0.1) is 0 Å². The zero-order valence-corrected chi connectivity index (χ0v) is 7.86. The first-order valence-corrected chi connectivity index (χ1v) is 4.12. The highest BCUT2D eigenvalue weighted by Crippen LogP contribution is 2.19. The van der Waals surface area contributed by atoms with E-state index in [4.69, 9.17) is 0 Å². The average Bonchev–Trinajstić information content (AvgIpc) is 1.81. The Morgan fingerprint density at radius 1 is 1.45 bits per heavy atom. The van der Waals surface area contributed by atoms with Crippen LogP contribution < -0.4 is 10.6 Å². The molecule has 1 aliphatic rings. The molecule has 1 saturated heterocycles. The second-order valence-corrected chi connectivity index (χ2v) is 3.94. The summed E-state index contributed by atoms with van der Waals surface area (Å²) >= 11 is 3.18. The molecule has 1 unspecified atom stereocenters. The van der Waals surface area contributed by atoms with Crippen LogP contribution in [0, 0.1) is 0 Å². The van der Waals surface area contributed by atoms with Crippen molar-refractivity contribution < 1.29 is 9.59 Å². The van der Waals surface area contributed by atoms with Crippen LogP contribution in [0.4, 0.5) is 4.79 Å². The predicted octanol–water partition coefficient (Wildman–Crippen LogP) is 0.368. The van der Waals surface area contributed by atoms with Crippen LogP contribution in [0.25, 0.3) is 0 Å². The summed E-state index contributed by atoms with van der Waals surface area (Å²) < 4.78 is 0. The van der Waals surface area contributed by atoms with Crippen molar-refractivity contribution in [1.29, 1.82) is 0 Å². The molecule has 5 heteroatoms. The van der Waals surface area contributed by atoms with Crippen LogP contribution in [-0.4, -0.2) is 22.3 Å². The monoisotopic (exact) mass is 220 g/mol. The van der Waals surface area contributed by atoms with Gasteiger partial charge in [0.25, 0.3) is 0 Å². The number of rotatable bonds is 0. The van der Waals surface area contributed by atoms with E-state index in [1.54, 1.807) is 13.8 Å². The summed E-state index contributed by atoms with van der Waals surface area (Å²) in [6.45, 7) is 3.56. The van der Waals surface area contributed by atoms with Crippen LogP contribution in [0.1, 0.15) is 13.8 Å². The molecule has 0 saturated carbocycles. The van der Waals surface area contributed by atoms with Crippen LogP contribution in [0.15, 0.2) is 0 Å². The van der Waals surface area contributed by atoms with Gasteiger partial charge in [0.05, 0.1) is 5.54 Å². The molecule has 1 aliphatic heterocycles. The van der Waals surface area contributed by atoms with Crippen LogP contribution in [-0.2, 0) is 4.79 Å². The van der Waals surface area contributed by atoms with Gasteiger partial charge in [0.2, 0.25) is 5.91 Å². The van der Waals surface area contributed by atoms with Crippen molar-refractivity contribution in [3.63, 3.8) is 0 Å². The Hall–Kier alpha value is -0.580. The molecule has 0 aromatic heterocycles. The minimum absolute atomic E-state index is 0.293. The van der Waals surface area contributed by atoms with Gasteiger partial charge in [-0.05, 0) is 13.8 Å². The van der Waals surface area contributed by atoms with Crippen molar-refractivity contribution in [2.45, 2.75) is 24.2 Å². The smallest absolute Gasteiger partial charge is 0.321 e. The lowest BCUT2D eigenvalue weighted by Crippen LogP contribution is -2.64. The van der Waals surface area contributed by atoms with Crippen molar-refractivity contribution in [1.82, 2.24) is 10.6 Å². The lowest BCUT2D eigenvalue weighted by molar-refractivity contribution is -0.121. The minimum atomic E-state index is -0.514. The number of imide groups is 1. The first kappa shape index (κ1) is 8.52. The molecule has 0 aromatic carbocycles. The van der Waals surface area contributed by atoms with Gasteiger partial charge in [-0.2, -0.15) is 0 Å². The molecule has 1 rings (SSSR count). The summed E-state index contributed by atoms with van der Waals surface area (Å²) in [7, 11) is 0. The summed E-state index contributed by atoms with van der Waals surface area (Å²) in [5.41, 5.74) is -0.514. The van der Waals surface area contributed by atoms with Crippen LogP contribution in [0.5, 0.6) is 0 Å². The summed E-state index contributed by atoms with van der Waals surface area (Å²) in [4.78, 5) is 21.4. The predicted molar refractivity (Wildman–Crippen MR) is 43.5 cm³/mol. The number of amides is 3. The Labute approximate surface area is 72.8 Å². The van der Waals surface area contributed by atoms with Crippen LogP contribution >= 0.6 is 15.9 Å². The van der Waals surface area contributed by atoms with E-state index in [0.29, 0.717) is 0 Å². The maximum absolute atomic E-state index is 11.0. The highest BCUT2D eigenvalue weighted by atomic mass is 79.9. The van der Waals surface area contributed by atoms with E-state index in [-0.39, 0.29) is 10.7 Å². The van der Waals surface area contributed by atoms with Crippen LogP contribution in [0.2, 0.25) is 0 Å². The number of urea groups is 1. The Morgan fingerprint density at radius 2 is 2.00 bits per heavy atom. The molecule has 1 heterocycles. The average molecular weight is 221 g/mol. The quantitative estimate of drug-likeness (QED) is 0.580. The molecular formula is C6H9BrN2O2. The molecular weight excluding hydrogens is 212 g/mol. The first-order chi connectivity index (χ1) is 4.93. The summed E-state index contributed by atoms with van der Waals surface area (Å²) in [5, 5.41) is 4.77. The van der Waals surface area contributed by atoms with E-state index in [2.05, 4.69) is 26.6 Å². The minimum Gasteiger partial charge on any atom is -0.331 e. The molecule has 62 valence electrons. The lowest BCUT2D eigenvalue weighted by Gasteiger charge is -2.34. The van der Waals surface area contributed by atoms with E-state index in [9.17, 15) is 9.59 Å². The standard InChI is InChI=1S/C6H9BrN2O2/c1-6(2)3(7)4(10)8-5(11)9-6/h3H,1-2H3,(H2,8,9,10,11). The normalized spacial score (nSPS) is 29.2. The molecule has 0 aromatic rings. The zero-order chi connectivity index (χ0) is 8.65. The van der Waals surface area contributed by atoms with Gasteiger partial charge in [0.15, 0.2) is 0 Å². The second kappa shape index (κ2) is 2.48. The van der Waals surface area contributed by atoms with Gasteiger partial charge in [-0.25, -0.2) is 4.79 Å². The first-order valence-electron chi connectivity index (χ1n) is 3.20. The third-order valence-electron chi connectivity index (χ3n) is 1.54. The summed E-state index contributed by atoms with van der Waals surface area (Å²) in [6.07, 6.45) is 0. The fourth-order valence-corrected chi connectivity index (χ4v) is 1.12. The Balaban J connectivity index is 2.83. The molecule has 0 bridgehead atoms. The second-order valence-electron chi connectivity index (χ2n) is 3.03. The Morgan fingerprint density at radius 3 is 2.45 bits per heavy atom. The molecule has 4 nitrogen and oxygen atoms in total. The van der Waals surface area contributed by atoms with Crippen molar-refractivity contribution in [2.24, 2.45) is 0 Å². The maximum Gasteiger partial charge on any atom is 0.321 e. The van der Waals surface area contributed by atoms with E-state index >= 15 is 0 Å². The van der Waals surface area contributed by atoms with Gasteiger partial charge in [0.1, 0.15) is 4.83 Å². The van der Waals surface area contributed by atoms with E-state index in [1.165, 1.54) is 0 Å². The molecule has 1 atom stereocenters. The van der Waals surface area contributed by atoms with Crippen molar-refractivity contribution in [2.75, 3.05) is 0 Å². The Bertz CT molecular complexity index is 215. The van der Waals surface area contributed by atoms with Gasteiger partial charge in [-0.1, -0.05) is 15.9 Å². The number of hydrogen-bond acceptors (Lipinski definition) is 2. The van der Waals surface area contributed by atoms with Gasteiger partial charge in [0, 0.05) is 0 Å². The number of alkyl halides is 1. The molecule has 11 heavy (non-hydrogen) atoms. The lowest BCUT2D eigenvalue weighted by atomic mass is 9.99. The number of nitrogens with one attached hydrogen (secondary N) is 2. The number of carbonyl (C=O) groups excluding carboxylic acids is 2. The maximum atomic E-state index is 11.0. The van der Waals surface area contributed by atoms with Crippen molar-refractivity contribution >= 4 is 27.9 Å². The summed E-state index contributed by atoms with van der Waals surface area (Å²) in [6, 6.07) is -0.435. The topological polar surface area (TPSA) is 58.2 Å². The number of carbonyl (C=O) groups is 2. The van der Waals surface area contributed by atoms with E-state index in [0.717, 1.165) is 0 Å². The largest absolute Gasteiger partial charge is 0.331 e. The SMILES string of the molecule is CC1(C)NC(=O)NC(=O)C1Br. The van der Waals surface area contributed by atoms with Gasteiger partial charge in [-0.3, -0.25) is 10.1 Å². The molecule has 0 radical (unpaired) electrons. The highest BCUT2D eigenvalue weighted by Gasteiger charge is 2.39. The molecule has 0 spiro atoms. The fourth-order valence-electron chi connectivity index (χ4n) is 0.890. The number of halogens is 1. The highest BCUT2D eigenvalue weighted by molar-refractivity contribution is 9.10. The van der Waals surface area contributed by atoms with Crippen LogP contribution in [0.3, 0.4) is 0 Å².